The summed E-state index contributed by atoms with van der Waals surface area (Å²) in [6, 6.07) is 6.21. The maximum Gasteiger partial charge on any atom is 0.263 e. The van der Waals surface area contributed by atoms with Crippen molar-refractivity contribution >= 4 is 33.2 Å². The quantitative estimate of drug-likeness (QED) is 0.386. The van der Waals surface area contributed by atoms with Crippen LogP contribution in [0.4, 0.5) is 4.39 Å². The Hall–Kier alpha value is -2.15. The van der Waals surface area contributed by atoms with E-state index in [0.717, 1.165) is 10.1 Å². The molecule has 0 radical (unpaired) electrons. The van der Waals surface area contributed by atoms with Crippen LogP contribution < -0.4 is 5.73 Å². The van der Waals surface area contributed by atoms with E-state index in [4.69, 9.17) is 10.9 Å². The smallest absolute Gasteiger partial charge is 0.263 e. The number of rotatable bonds is 5. The molecule has 0 unspecified atom stereocenters. The number of amidine groups is 1. The van der Waals surface area contributed by atoms with Gasteiger partial charge in [-0.15, -0.1) is 11.3 Å². The van der Waals surface area contributed by atoms with Crippen molar-refractivity contribution in [3.63, 3.8) is 0 Å². The molecule has 2 aromatic rings. The average molecular weight is 309 g/mol. The number of fused-ring (bicyclic) bond motifs is 1. The predicted molar refractivity (Wildman–Crippen MR) is 81.4 cm³/mol. The lowest BCUT2D eigenvalue weighted by Crippen LogP contribution is -2.33. The van der Waals surface area contributed by atoms with Crippen molar-refractivity contribution in [1.82, 2.24) is 4.90 Å². The largest absolute Gasteiger partial charge is 0.409 e. The molecule has 0 atom stereocenters. The molecule has 3 N–H and O–H groups in total. The Bertz CT molecular complexity index is 684. The second kappa shape index (κ2) is 6.53. The maximum atomic E-state index is 13.2. The lowest BCUT2D eigenvalue weighted by atomic mass is 10.2. The van der Waals surface area contributed by atoms with Crippen LogP contribution in [0, 0.1) is 5.82 Å². The van der Waals surface area contributed by atoms with E-state index in [9.17, 15) is 9.18 Å². The summed E-state index contributed by atoms with van der Waals surface area (Å²) in [4.78, 5) is 14.6. The van der Waals surface area contributed by atoms with Crippen LogP contribution in [0.2, 0.25) is 0 Å². The highest BCUT2D eigenvalue weighted by Gasteiger charge is 2.17. The molecule has 112 valence electrons. The zero-order valence-corrected chi connectivity index (χ0v) is 12.4. The van der Waals surface area contributed by atoms with Crippen molar-refractivity contribution in [3.8, 4) is 0 Å². The molecule has 5 nitrogen and oxygen atoms in total. The number of carbonyl (C=O) groups excluding carboxylic acids is 1. The molecule has 1 heterocycles. The molecule has 0 saturated heterocycles. The van der Waals surface area contributed by atoms with Crippen LogP contribution in [0.3, 0.4) is 0 Å². The van der Waals surface area contributed by atoms with Crippen LogP contribution in [0.5, 0.6) is 0 Å². The van der Waals surface area contributed by atoms with Crippen molar-refractivity contribution in [1.29, 1.82) is 0 Å². The molecular formula is C14H16FN3O2S. The number of nitrogens with zero attached hydrogens (tertiary/aromatic N) is 2. The van der Waals surface area contributed by atoms with Gasteiger partial charge >= 0.3 is 0 Å². The van der Waals surface area contributed by atoms with E-state index in [0.29, 0.717) is 24.4 Å². The second-order valence-electron chi connectivity index (χ2n) is 4.52. The number of hydrogen-bond acceptors (Lipinski definition) is 4. The molecule has 1 amide bonds. The van der Waals surface area contributed by atoms with Gasteiger partial charge < -0.3 is 15.8 Å². The van der Waals surface area contributed by atoms with Gasteiger partial charge in [-0.25, -0.2) is 4.39 Å². The summed E-state index contributed by atoms with van der Waals surface area (Å²) in [7, 11) is 0. The van der Waals surface area contributed by atoms with Gasteiger partial charge in [-0.2, -0.15) is 0 Å². The molecule has 1 aromatic heterocycles. The first kappa shape index (κ1) is 15.2. The number of nitrogens with two attached hydrogens (primary N) is 1. The van der Waals surface area contributed by atoms with E-state index in [1.165, 1.54) is 23.5 Å². The van der Waals surface area contributed by atoms with Crippen LogP contribution in [0.1, 0.15) is 23.0 Å². The minimum absolute atomic E-state index is 0.0830. The van der Waals surface area contributed by atoms with Gasteiger partial charge in [0.05, 0.1) is 4.88 Å². The number of amides is 1. The van der Waals surface area contributed by atoms with Gasteiger partial charge in [0.1, 0.15) is 11.7 Å². The Morgan fingerprint density at radius 2 is 2.24 bits per heavy atom. The summed E-state index contributed by atoms with van der Waals surface area (Å²) >= 11 is 1.26. The molecule has 0 aliphatic rings. The molecule has 2 rings (SSSR count). The van der Waals surface area contributed by atoms with E-state index in [1.807, 2.05) is 6.92 Å². The molecule has 0 aliphatic heterocycles. The fourth-order valence-corrected chi connectivity index (χ4v) is 3.02. The highest BCUT2D eigenvalue weighted by atomic mass is 32.1. The fraction of sp³-hybridized carbons (Fsp3) is 0.286. The number of hydrogen-bond donors (Lipinski definition) is 2. The number of thiophene rings is 1. The Kier molecular flexibility index (Phi) is 4.74. The minimum Gasteiger partial charge on any atom is -0.409 e. The third-order valence-corrected chi connectivity index (χ3v) is 4.21. The fourth-order valence-electron chi connectivity index (χ4n) is 1.97. The first-order valence-electron chi connectivity index (χ1n) is 6.50. The van der Waals surface area contributed by atoms with Crippen molar-refractivity contribution in [2.45, 2.75) is 13.3 Å². The average Bonchev–Trinajstić information content (AvgIpc) is 2.90. The third-order valence-electron chi connectivity index (χ3n) is 3.13. The van der Waals surface area contributed by atoms with Crippen LogP contribution >= 0.6 is 11.3 Å². The van der Waals surface area contributed by atoms with Crippen LogP contribution in [0.15, 0.2) is 29.4 Å². The second-order valence-corrected chi connectivity index (χ2v) is 5.60. The van der Waals surface area contributed by atoms with Gasteiger partial charge in [0.25, 0.3) is 5.91 Å². The first-order chi connectivity index (χ1) is 10.0. The van der Waals surface area contributed by atoms with Crippen molar-refractivity contribution < 1.29 is 14.4 Å². The van der Waals surface area contributed by atoms with Crippen molar-refractivity contribution in [2.24, 2.45) is 10.9 Å². The van der Waals surface area contributed by atoms with E-state index in [1.54, 1.807) is 17.0 Å². The normalized spacial score (nSPS) is 11.8. The summed E-state index contributed by atoms with van der Waals surface area (Å²) in [6.07, 6.45) is 0.301. The standard InChI is InChI=1S/C14H16FN3O2S/c1-2-18(6-5-13(16)17-20)14(19)12-7-9-3-4-10(15)8-11(9)21-12/h3-4,7-8,20H,2,5-6H2,1H3,(H2,16,17). The number of halogens is 1. The van der Waals surface area contributed by atoms with Crippen molar-refractivity contribution in [3.05, 3.63) is 35.0 Å². The summed E-state index contributed by atoms with van der Waals surface area (Å²) in [6.45, 7) is 2.74. The van der Waals surface area contributed by atoms with E-state index in [2.05, 4.69) is 5.16 Å². The monoisotopic (exact) mass is 309 g/mol. The Morgan fingerprint density at radius 3 is 2.90 bits per heavy atom. The maximum absolute atomic E-state index is 13.2. The topological polar surface area (TPSA) is 78.9 Å². The van der Waals surface area contributed by atoms with Crippen molar-refractivity contribution in [2.75, 3.05) is 13.1 Å². The van der Waals surface area contributed by atoms with Gasteiger partial charge in [-0.1, -0.05) is 11.2 Å². The Balaban J connectivity index is 2.19. The molecule has 0 fully saturated rings. The van der Waals surface area contributed by atoms with E-state index in [-0.39, 0.29) is 17.6 Å². The van der Waals surface area contributed by atoms with Gasteiger partial charge in [0.15, 0.2) is 0 Å². The molecule has 0 saturated carbocycles. The molecule has 0 spiro atoms. The third kappa shape index (κ3) is 3.49. The highest BCUT2D eigenvalue weighted by Crippen LogP contribution is 2.27. The highest BCUT2D eigenvalue weighted by molar-refractivity contribution is 7.20. The van der Waals surface area contributed by atoms with Crippen LogP contribution in [-0.2, 0) is 0 Å². The lowest BCUT2D eigenvalue weighted by Gasteiger charge is -2.19. The zero-order valence-electron chi connectivity index (χ0n) is 11.5. The number of carbonyl (C=O) groups is 1. The minimum atomic E-state index is -0.317. The molecule has 0 aliphatic carbocycles. The molecule has 21 heavy (non-hydrogen) atoms. The summed E-state index contributed by atoms with van der Waals surface area (Å²) in [5.74, 6) is -0.368. The van der Waals surface area contributed by atoms with E-state index < -0.39 is 0 Å². The Labute approximate surface area is 125 Å². The summed E-state index contributed by atoms with van der Waals surface area (Å²) in [5, 5.41) is 12.3. The molecular weight excluding hydrogens is 293 g/mol. The SMILES string of the molecule is CCN(CC/C(N)=N/O)C(=O)c1cc2ccc(F)cc2s1. The van der Waals surface area contributed by atoms with Gasteiger partial charge in [0.2, 0.25) is 0 Å². The van der Waals surface area contributed by atoms with Gasteiger partial charge in [-0.05, 0) is 30.5 Å². The van der Waals surface area contributed by atoms with Crippen LogP contribution in [0.25, 0.3) is 10.1 Å². The molecule has 1 aromatic carbocycles. The first-order valence-corrected chi connectivity index (χ1v) is 7.31. The van der Waals surface area contributed by atoms with Gasteiger partial charge in [-0.3, -0.25) is 4.79 Å². The number of oxime groups is 1. The number of benzene rings is 1. The molecule has 7 heteroatoms. The molecule has 0 bridgehead atoms. The lowest BCUT2D eigenvalue weighted by molar-refractivity contribution is 0.0773. The summed E-state index contributed by atoms with van der Waals surface area (Å²) in [5.41, 5.74) is 5.42. The van der Waals surface area contributed by atoms with E-state index >= 15 is 0 Å². The zero-order chi connectivity index (χ0) is 15.4. The van der Waals surface area contributed by atoms with Crippen LogP contribution in [-0.4, -0.2) is 34.9 Å². The predicted octanol–water partition coefficient (Wildman–Crippen LogP) is 2.64. The summed E-state index contributed by atoms with van der Waals surface area (Å²) < 4.78 is 13.9. The van der Waals surface area contributed by atoms with Gasteiger partial charge in [0, 0.05) is 24.2 Å². The Morgan fingerprint density at radius 1 is 1.48 bits per heavy atom.